The van der Waals surface area contributed by atoms with E-state index >= 15 is 0 Å². The number of aromatic nitrogens is 1. The second-order valence-corrected chi connectivity index (χ2v) is 5.22. The lowest BCUT2D eigenvalue weighted by molar-refractivity contribution is -0.129. The summed E-state index contributed by atoms with van der Waals surface area (Å²) in [5.74, 6) is 0.348. The topological polar surface area (TPSA) is 45.3 Å². The van der Waals surface area contributed by atoms with Crippen molar-refractivity contribution in [2.45, 2.75) is 6.42 Å². The molecule has 1 radical (unpaired) electrons. The maximum atomic E-state index is 11.8. The molecule has 0 amide bonds. The van der Waals surface area contributed by atoms with Gasteiger partial charge in [0.05, 0.1) is 0 Å². The minimum absolute atomic E-state index is 0.280. The molecule has 1 heterocycles. The van der Waals surface area contributed by atoms with Crippen LogP contribution in [0.25, 0.3) is 10.9 Å². The summed E-state index contributed by atoms with van der Waals surface area (Å²) in [4.78, 5) is 17.2. The van der Waals surface area contributed by atoms with Crippen LogP contribution in [0.5, 0.6) is 5.75 Å². The van der Waals surface area contributed by atoms with Crippen LogP contribution in [0.2, 0.25) is 0 Å². The SMILES string of the molecule is CN(C)CCc1c[nH]c2cccc(OC(=O)C3=C[CH]3)c12. The zero-order valence-corrected chi connectivity index (χ0v) is 11.6. The Hall–Kier alpha value is -2.07. The Morgan fingerprint density at radius 1 is 1.35 bits per heavy atom. The lowest BCUT2D eigenvalue weighted by atomic mass is 10.1. The molecule has 4 nitrogen and oxygen atoms in total. The number of carbonyl (C=O) groups excluding carboxylic acids is 1. The van der Waals surface area contributed by atoms with E-state index in [1.807, 2.05) is 38.5 Å². The standard InChI is InChI=1S/C16H17N2O2/c1-18(2)9-8-12-10-17-13-4-3-5-14(15(12)13)20-16(19)11-6-7-11/h3-7,10,17H,8-9H2,1-2H3. The van der Waals surface area contributed by atoms with E-state index in [1.165, 1.54) is 5.56 Å². The monoisotopic (exact) mass is 269 g/mol. The Kier molecular flexibility index (Phi) is 3.32. The minimum atomic E-state index is -0.280. The fraction of sp³-hybridized carbons (Fsp3) is 0.250. The van der Waals surface area contributed by atoms with Gasteiger partial charge >= 0.3 is 5.97 Å². The molecule has 2 aromatic rings. The Morgan fingerprint density at radius 2 is 2.15 bits per heavy atom. The van der Waals surface area contributed by atoms with E-state index in [1.54, 1.807) is 12.5 Å². The van der Waals surface area contributed by atoms with E-state index in [0.717, 1.165) is 23.9 Å². The molecular formula is C16H17N2O2. The van der Waals surface area contributed by atoms with Gasteiger partial charge in [0, 0.05) is 35.6 Å². The highest BCUT2D eigenvalue weighted by atomic mass is 16.5. The predicted molar refractivity (Wildman–Crippen MR) is 78.6 cm³/mol. The number of nitrogens with zero attached hydrogens (tertiary/aromatic N) is 1. The second-order valence-electron chi connectivity index (χ2n) is 5.22. The van der Waals surface area contributed by atoms with Crippen LogP contribution in [-0.2, 0) is 11.2 Å². The number of aromatic amines is 1. The molecule has 0 bridgehead atoms. The van der Waals surface area contributed by atoms with Crippen molar-refractivity contribution in [3.8, 4) is 5.75 Å². The van der Waals surface area contributed by atoms with Crippen molar-refractivity contribution < 1.29 is 9.53 Å². The van der Waals surface area contributed by atoms with Gasteiger partial charge in [-0.15, -0.1) is 0 Å². The summed E-state index contributed by atoms with van der Waals surface area (Å²) >= 11 is 0. The van der Waals surface area contributed by atoms with Crippen LogP contribution < -0.4 is 4.74 Å². The Morgan fingerprint density at radius 3 is 2.85 bits per heavy atom. The minimum Gasteiger partial charge on any atom is -0.422 e. The van der Waals surface area contributed by atoms with Crippen molar-refractivity contribution >= 4 is 16.9 Å². The van der Waals surface area contributed by atoms with E-state index in [4.69, 9.17) is 4.74 Å². The average Bonchev–Trinajstić information content (AvgIpc) is 3.18. The third kappa shape index (κ3) is 2.60. The van der Waals surface area contributed by atoms with E-state index in [-0.39, 0.29) is 5.97 Å². The van der Waals surface area contributed by atoms with Gasteiger partial charge in [-0.1, -0.05) is 12.1 Å². The molecule has 0 saturated carbocycles. The zero-order chi connectivity index (χ0) is 14.1. The van der Waals surface area contributed by atoms with Crippen molar-refractivity contribution in [3.05, 3.63) is 48.0 Å². The molecule has 0 saturated heterocycles. The molecule has 0 unspecified atom stereocenters. The first-order valence-electron chi connectivity index (χ1n) is 6.66. The van der Waals surface area contributed by atoms with Crippen LogP contribution in [0.3, 0.4) is 0 Å². The van der Waals surface area contributed by atoms with Crippen molar-refractivity contribution in [2.24, 2.45) is 0 Å². The molecule has 4 heteroatoms. The number of benzene rings is 1. The molecule has 20 heavy (non-hydrogen) atoms. The van der Waals surface area contributed by atoms with E-state index < -0.39 is 0 Å². The number of nitrogens with one attached hydrogen (secondary N) is 1. The number of hydrogen-bond donors (Lipinski definition) is 1. The molecule has 0 spiro atoms. The van der Waals surface area contributed by atoms with Gasteiger partial charge in [0.15, 0.2) is 0 Å². The molecule has 0 aliphatic heterocycles. The number of esters is 1. The summed E-state index contributed by atoms with van der Waals surface area (Å²) in [7, 11) is 4.09. The highest BCUT2D eigenvalue weighted by molar-refractivity contribution is 6.00. The number of likely N-dealkylation sites (N-methyl/N-ethyl adjacent to an activating group) is 1. The number of hydrogen-bond acceptors (Lipinski definition) is 3. The highest BCUT2D eigenvalue weighted by Gasteiger charge is 2.21. The fourth-order valence-electron chi connectivity index (χ4n) is 2.18. The van der Waals surface area contributed by atoms with Crippen LogP contribution in [0.4, 0.5) is 0 Å². The molecule has 1 N–H and O–H groups in total. The maximum absolute atomic E-state index is 11.8. The molecule has 3 rings (SSSR count). The third-order valence-corrected chi connectivity index (χ3v) is 3.35. The smallest absolute Gasteiger partial charge is 0.339 e. The number of fused-ring (bicyclic) bond motifs is 1. The highest BCUT2D eigenvalue weighted by Crippen LogP contribution is 2.31. The number of rotatable bonds is 5. The lowest BCUT2D eigenvalue weighted by Gasteiger charge is -2.10. The van der Waals surface area contributed by atoms with Crippen molar-refractivity contribution in [1.82, 2.24) is 9.88 Å². The number of ether oxygens (including phenoxy) is 1. The van der Waals surface area contributed by atoms with Gasteiger partial charge in [0.25, 0.3) is 0 Å². The van der Waals surface area contributed by atoms with Crippen LogP contribution in [0.1, 0.15) is 5.56 Å². The van der Waals surface area contributed by atoms with Crippen LogP contribution in [0, 0.1) is 6.42 Å². The maximum Gasteiger partial charge on any atom is 0.339 e. The molecular weight excluding hydrogens is 252 g/mol. The van der Waals surface area contributed by atoms with Crippen molar-refractivity contribution in [3.63, 3.8) is 0 Å². The molecule has 1 aromatic carbocycles. The van der Waals surface area contributed by atoms with Crippen molar-refractivity contribution in [2.75, 3.05) is 20.6 Å². The summed E-state index contributed by atoms with van der Waals surface area (Å²) in [6, 6.07) is 5.73. The van der Waals surface area contributed by atoms with Gasteiger partial charge in [0.1, 0.15) is 5.75 Å². The predicted octanol–water partition coefficient (Wildman–Crippen LogP) is 2.32. The summed E-state index contributed by atoms with van der Waals surface area (Å²) in [6.07, 6.45) is 6.42. The first-order chi connectivity index (χ1) is 9.65. The number of H-pyrrole nitrogens is 1. The number of carbonyl (C=O) groups is 1. The quantitative estimate of drug-likeness (QED) is 0.669. The average molecular weight is 269 g/mol. The summed E-state index contributed by atoms with van der Waals surface area (Å²) in [5.41, 5.74) is 2.82. The summed E-state index contributed by atoms with van der Waals surface area (Å²) in [6.45, 7) is 0.953. The zero-order valence-electron chi connectivity index (χ0n) is 11.6. The van der Waals surface area contributed by atoms with Gasteiger partial charge in [-0.2, -0.15) is 0 Å². The molecule has 1 aliphatic rings. The van der Waals surface area contributed by atoms with Crippen LogP contribution in [0.15, 0.2) is 36.0 Å². The normalized spacial score (nSPS) is 13.7. The first-order valence-corrected chi connectivity index (χ1v) is 6.66. The molecule has 1 aromatic heterocycles. The van der Waals surface area contributed by atoms with Gasteiger partial charge in [-0.25, -0.2) is 4.79 Å². The first kappa shape index (κ1) is 12.9. The lowest BCUT2D eigenvalue weighted by Crippen LogP contribution is -2.15. The van der Waals surface area contributed by atoms with Gasteiger partial charge in [-0.05, 0) is 38.2 Å². The van der Waals surface area contributed by atoms with E-state index in [2.05, 4.69) is 9.88 Å². The van der Waals surface area contributed by atoms with Crippen molar-refractivity contribution in [1.29, 1.82) is 0 Å². The van der Waals surface area contributed by atoms with E-state index in [0.29, 0.717) is 11.3 Å². The molecule has 0 fully saturated rings. The van der Waals surface area contributed by atoms with Crippen LogP contribution >= 0.6 is 0 Å². The summed E-state index contributed by atoms with van der Waals surface area (Å²) < 4.78 is 5.49. The largest absolute Gasteiger partial charge is 0.422 e. The van der Waals surface area contributed by atoms with Crippen LogP contribution in [-0.4, -0.2) is 36.5 Å². The Bertz CT molecular complexity index is 683. The second kappa shape index (κ2) is 5.13. The van der Waals surface area contributed by atoms with E-state index in [9.17, 15) is 4.79 Å². The van der Waals surface area contributed by atoms with Gasteiger partial charge in [-0.3, -0.25) is 0 Å². The summed E-state index contributed by atoms with van der Waals surface area (Å²) in [5, 5.41) is 1.00. The van der Waals surface area contributed by atoms with Gasteiger partial charge in [0.2, 0.25) is 0 Å². The number of allylic oxidation sites excluding steroid dienone is 1. The Balaban J connectivity index is 1.91. The molecule has 0 atom stereocenters. The van der Waals surface area contributed by atoms with Gasteiger partial charge < -0.3 is 14.6 Å². The third-order valence-electron chi connectivity index (χ3n) is 3.35. The molecule has 103 valence electrons. The Labute approximate surface area is 118 Å². The molecule has 1 aliphatic carbocycles. The fourth-order valence-corrected chi connectivity index (χ4v) is 2.18.